The monoisotopic (exact) mass is 530 g/mol. The van der Waals surface area contributed by atoms with Gasteiger partial charge in [-0.1, -0.05) is 58.3 Å². The summed E-state index contributed by atoms with van der Waals surface area (Å²) in [7, 11) is 1.24. The molecule has 3 aromatic rings. The van der Waals surface area contributed by atoms with E-state index < -0.39 is 23.7 Å². The van der Waals surface area contributed by atoms with Crippen LogP contribution in [0.1, 0.15) is 43.7 Å². The molecular weight excluding hydrogens is 511 g/mol. The van der Waals surface area contributed by atoms with Crippen LogP contribution < -0.4 is 4.90 Å². The van der Waals surface area contributed by atoms with E-state index >= 15 is 0 Å². The van der Waals surface area contributed by atoms with Crippen LogP contribution in [0.2, 0.25) is 10.0 Å². The normalized spacial score (nSPS) is 17.2. The van der Waals surface area contributed by atoms with Crippen molar-refractivity contribution in [3.8, 4) is 0 Å². The average Bonchev–Trinajstić information content (AvgIpc) is 3.33. The third-order valence-corrected chi connectivity index (χ3v) is 7.59. The summed E-state index contributed by atoms with van der Waals surface area (Å²) in [5.74, 6) is -2.70. The number of methoxy groups -OCH3 is 1. The van der Waals surface area contributed by atoms with Crippen LogP contribution in [0.25, 0.3) is 5.76 Å². The number of halogens is 2. The molecule has 35 heavy (non-hydrogen) atoms. The van der Waals surface area contributed by atoms with E-state index in [9.17, 15) is 19.5 Å². The van der Waals surface area contributed by atoms with E-state index in [4.69, 9.17) is 27.9 Å². The molecule has 2 heterocycles. The fraction of sp³-hybridized carbons (Fsp3) is 0.200. The van der Waals surface area contributed by atoms with Crippen molar-refractivity contribution < 1.29 is 24.2 Å². The standard InChI is InChI=1S/C25H20Cl2N2O5S/c1-11-5-6-12(2)15(9-11)20(30)18-19(14-7-8-16(26)17(27)10-14)29(23(32)21(18)31)25-28-13(3)22(35-25)24(33)34-4/h5-10,19,30H,1-4H3. The van der Waals surface area contributed by atoms with E-state index in [0.717, 1.165) is 22.5 Å². The molecule has 1 aliphatic rings. The Bertz CT molecular complexity index is 1430. The van der Waals surface area contributed by atoms with Gasteiger partial charge in [0.2, 0.25) is 0 Å². The number of carbonyl (C=O) groups excluding carboxylic acids is 3. The Morgan fingerprint density at radius 1 is 1.09 bits per heavy atom. The third kappa shape index (κ3) is 4.33. The second kappa shape index (κ2) is 9.45. The van der Waals surface area contributed by atoms with Crippen LogP contribution in [-0.2, 0) is 14.3 Å². The lowest BCUT2D eigenvalue weighted by atomic mass is 9.93. The number of ether oxygens (including phenoxy) is 1. The number of carbonyl (C=O) groups is 3. The highest BCUT2D eigenvalue weighted by molar-refractivity contribution is 7.17. The largest absolute Gasteiger partial charge is 0.507 e. The Morgan fingerprint density at radius 2 is 1.80 bits per heavy atom. The summed E-state index contributed by atoms with van der Waals surface area (Å²) in [5, 5.41) is 12.0. The summed E-state index contributed by atoms with van der Waals surface area (Å²) < 4.78 is 4.80. The van der Waals surface area contributed by atoms with Crippen molar-refractivity contribution in [2.45, 2.75) is 26.8 Å². The number of rotatable bonds is 4. The number of hydrogen-bond acceptors (Lipinski definition) is 7. The Morgan fingerprint density at radius 3 is 2.46 bits per heavy atom. The van der Waals surface area contributed by atoms with Crippen molar-refractivity contribution in [1.29, 1.82) is 0 Å². The van der Waals surface area contributed by atoms with Gasteiger partial charge in [-0.3, -0.25) is 14.5 Å². The van der Waals surface area contributed by atoms with E-state index in [1.54, 1.807) is 32.0 Å². The number of hydrogen-bond donors (Lipinski definition) is 1. The molecule has 1 fully saturated rings. The van der Waals surface area contributed by atoms with E-state index in [2.05, 4.69) is 4.98 Å². The first-order valence-corrected chi connectivity index (χ1v) is 12.0. The molecule has 10 heteroatoms. The zero-order chi connectivity index (χ0) is 25.6. The molecule has 1 unspecified atom stereocenters. The van der Waals surface area contributed by atoms with Crippen LogP contribution in [0, 0.1) is 20.8 Å². The molecule has 1 aromatic heterocycles. The highest BCUT2D eigenvalue weighted by Gasteiger charge is 2.48. The molecular formula is C25H20Cl2N2O5S. The SMILES string of the molecule is COC(=O)c1sc(N2C(=O)C(=O)C(=C(O)c3cc(C)ccc3C)C2c2ccc(Cl)c(Cl)c2)nc1C. The number of anilines is 1. The van der Waals surface area contributed by atoms with E-state index in [0.29, 0.717) is 21.8 Å². The number of ketones is 1. The molecule has 7 nitrogen and oxygen atoms in total. The molecule has 4 rings (SSSR count). The molecule has 1 amide bonds. The highest BCUT2D eigenvalue weighted by Crippen LogP contribution is 2.45. The molecule has 1 N–H and O–H groups in total. The van der Waals surface area contributed by atoms with Gasteiger partial charge in [-0.25, -0.2) is 9.78 Å². The van der Waals surface area contributed by atoms with Gasteiger partial charge in [0.15, 0.2) is 5.13 Å². The minimum atomic E-state index is -1.05. The quantitative estimate of drug-likeness (QED) is 0.198. The van der Waals surface area contributed by atoms with Crippen molar-refractivity contribution in [2.24, 2.45) is 0 Å². The lowest BCUT2D eigenvalue weighted by Gasteiger charge is -2.23. The first-order chi connectivity index (χ1) is 16.5. The average molecular weight is 531 g/mol. The Labute approximate surface area is 215 Å². The number of thiazole rings is 1. The first-order valence-electron chi connectivity index (χ1n) is 10.4. The van der Waals surface area contributed by atoms with Crippen molar-refractivity contribution >= 4 is 63.1 Å². The summed E-state index contributed by atoms with van der Waals surface area (Å²) in [6.07, 6.45) is 0. The number of aryl methyl sites for hydroxylation is 3. The number of aliphatic hydroxyl groups excluding tert-OH is 1. The van der Waals surface area contributed by atoms with Gasteiger partial charge in [-0.05, 0) is 50.1 Å². The number of esters is 1. The molecule has 180 valence electrons. The highest BCUT2D eigenvalue weighted by atomic mass is 35.5. The van der Waals surface area contributed by atoms with Crippen molar-refractivity contribution in [2.75, 3.05) is 12.0 Å². The number of aromatic nitrogens is 1. The lowest BCUT2D eigenvalue weighted by Crippen LogP contribution is -2.29. The van der Waals surface area contributed by atoms with Gasteiger partial charge in [0.25, 0.3) is 5.78 Å². The number of Topliss-reactive ketones (excluding diaryl/α,β-unsaturated/α-hetero) is 1. The molecule has 0 saturated carbocycles. The van der Waals surface area contributed by atoms with E-state index in [1.807, 2.05) is 19.1 Å². The Kier molecular flexibility index (Phi) is 6.73. The predicted molar refractivity (Wildman–Crippen MR) is 135 cm³/mol. The molecule has 1 aliphatic heterocycles. The van der Waals surface area contributed by atoms with E-state index in [-0.39, 0.29) is 26.4 Å². The Balaban J connectivity index is 1.99. The van der Waals surface area contributed by atoms with E-state index in [1.165, 1.54) is 18.1 Å². The molecule has 1 saturated heterocycles. The van der Waals surface area contributed by atoms with Crippen LogP contribution >= 0.6 is 34.5 Å². The van der Waals surface area contributed by atoms with Crippen LogP contribution in [0.3, 0.4) is 0 Å². The lowest BCUT2D eigenvalue weighted by molar-refractivity contribution is -0.132. The zero-order valence-electron chi connectivity index (χ0n) is 19.2. The maximum atomic E-state index is 13.3. The molecule has 0 radical (unpaired) electrons. The zero-order valence-corrected chi connectivity index (χ0v) is 21.5. The van der Waals surface area contributed by atoms with Gasteiger partial charge < -0.3 is 9.84 Å². The van der Waals surface area contributed by atoms with Crippen molar-refractivity contribution in [3.63, 3.8) is 0 Å². The summed E-state index contributed by atoms with van der Waals surface area (Å²) in [4.78, 5) is 44.6. The van der Waals surface area contributed by atoms with Gasteiger partial charge in [0.1, 0.15) is 10.6 Å². The van der Waals surface area contributed by atoms with Crippen LogP contribution in [0.4, 0.5) is 5.13 Å². The summed E-state index contributed by atoms with van der Waals surface area (Å²) in [5.41, 5.74) is 2.70. The van der Waals surface area contributed by atoms with Gasteiger partial charge in [-0.2, -0.15) is 0 Å². The molecule has 0 spiro atoms. The van der Waals surface area contributed by atoms with Gasteiger partial charge in [0.05, 0.1) is 34.5 Å². The van der Waals surface area contributed by atoms with Crippen LogP contribution in [-0.4, -0.2) is 34.9 Å². The van der Waals surface area contributed by atoms with Gasteiger partial charge in [-0.15, -0.1) is 0 Å². The summed E-state index contributed by atoms with van der Waals surface area (Å²) in [6.45, 7) is 5.26. The number of amides is 1. The maximum Gasteiger partial charge on any atom is 0.350 e. The third-order valence-electron chi connectivity index (χ3n) is 5.71. The fourth-order valence-electron chi connectivity index (χ4n) is 3.93. The molecule has 2 aromatic carbocycles. The second-order valence-electron chi connectivity index (χ2n) is 8.06. The van der Waals surface area contributed by atoms with Crippen LogP contribution in [0.5, 0.6) is 0 Å². The first kappa shape index (κ1) is 24.9. The smallest absolute Gasteiger partial charge is 0.350 e. The minimum absolute atomic E-state index is 0.112. The maximum absolute atomic E-state index is 13.3. The topological polar surface area (TPSA) is 96.8 Å². The molecule has 0 bridgehead atoms. The minimum Gasteiger partial charge on any atom is -0.507 e. The number of aliphatic hydroxyl groups is 1. The predicted octanol–water partition coefficient (Wildman–Crippen LogP) is 5.79. The molecule has 0 aliphatic carbocycles. The summed E-state index contributed by atoms with van der Waals surface area (Å²) in [6, 6.07) is 9.09. The second-order valence-corrected chi connectivity index (χ2v) is 9.86. The summed E-state index contributed by atoms with van der Waals surface area (Å²) >= 11 is 13.3. The van der Waals surface area contributed by atoms with Crippen molar-refractivity contribution in [3.05, 3.63) is 84.8 Å². The van der Waals surface area contributed by atoms with Gasteiger partial charge in [0, 0.05) is 5.56 Å². The number of benzene rings is 2. The number of nitrogens with zero attached hydrogens (tertiary/aromatic N) is 2. The molecule has 1 atom stereocenters. The Hall–Kier alpha value is -3.20. The fourth-order valence-corrected chi connectivity index (χ4v) is 5.25. The van der Waals surface area contributed by atoms with Crippen LogP contribution in [0.15, 0.2) is 42.0 Å². The van der Waals surface area contributed by atoms with Crippen molar-refractivity contribution in [1.82, 2.24) is 4.98 Å². The van der Waals surface area contributed by atoms with Gasteiger partial charge >= 0.3 is 11.9 Å².